The molecule has 38 valence electrons. The highest BCUT2D eigenvalue weighted by Crippen LogP contribution is 2.33. The summed E-state index contributed by atoms with van der Waals surface area (Å²) in [5.41, 5.74) is 0.738. The Labute approximate surface area is 41.5 Å². The van der Waals surface area contributed by atoms with Gasteiger partial charge in [-0.25, -0.2) is 4.79 Å². The summed E-state index contributed by atoms with van der Waals surface area (Å²) < 4.78 is 0. The van der Waals surface area contributed by atoms with E-state index in [4.69, 9.17) is 5.11 Å². The van der Waals surface area contributed by atoms with Crippen LogP contribution in [0.2, 0.25) is 0 Å². The van der Waals surface area contributed by atoms with Crippen LogP contribution in [0.3, 0.4) is 0 Å². The predicted molar refractivity (Wildman–Crippen MR) is 24.4 cm³/mol. The molecule has 0 heterocycles. The second-order valence-corrected chi connectivity index (χ2v) is 1.71. The summed E-state index contributed by atoms with van der Waals surface area (Å²) in [6.07, 6.45) is 0.764. The molecule has 1 atom stereocenters. The van der Waals surface area contributed by atoms with E-state index in [9.17, 15) is 4.79 Å². The van der Waals surface area contributed by atoms with Crippen molar-refractivity contribution in [2.24, 2.45) is 5.92 Å². The van der Waals surface area contributed by atoms with Gasteiger partial charge in [0, 0.05) is 11.5 Å². The largest absolute Gasteiger partial charge is 0.396 e. The second-order valence-electron chi connectivity index (χ2n) is 1.71. The van der Waals surface area contributed by atoms with Crippen LogP contribution in [-0.4, -0.2) is 17.7 Å². The zero-order valence-corrected chi connectivity index (χ0v) is 3.85. The zero-order chi connectivity index (χ0) is 5.28. The fourth-order valence-corrected chi connectivity index (χ4v) is 0.506. The smallest absolute Gasteiger partial charge is 0.123 e. The summed E-state index contributed by atoms with van der Waals surface area (Å²) in [6.45, 7) is 0.116. The quantitative estimate of drug-likeness (QED) is 0.459. The normalized spacial score (nSPS) is 27.0. The molecule has 1 fully saturated rings. The van der Waals surface area contributed by atoms with Crippen LogP contribution in [0, 0.1) is 5.92 Å². The van der Waals surface area contributed by atoms with Crippen LogP contribution >= 0.6 is 0 Å². The fraction of sp³-hybridized carbons (Fsp3) is 0.600. The Hall–Kier alpha value is -0.590. The van der Waals surface area contributed by atoms with Crippen LogP contribution in [0.15, 0.2) is 5.57 Å². The van der Waals surface area contributed by atoms with Gasteiger partial charge in [-0.3, -0.25) is 0 Å². The van der Waals surface area contributed by atoms with Gasteiger partial charge in [-0.15, -0.1) is 0 Å². The lowest BCUT2D eigenvalue weighted by atomic mass is 10.4. The molecular weight excluding hydrogens is 92.1 g/mol. The maximum absolute atomic E-state index is 9.66. The molecule has 0 aromatic heterocycles. The predicted octanol–water partition coefficient (Wildman–Crippen LogP) is -0.243. The first-order chi connectivity index (χ1) is 3.38. The van der Waals surface area contributed by atoms with Crippen molar-refractivity contribution < 1.29 is 9.90 Å². The van der Waals surface area contributed by atoms with Crippen molar-refractivity contribution >= 4 is 5.94 Å². The highest BCUT2D eigenvalue weighted by atomic mass is 16.3. The summed E-state index contributed by atoms with van der Waals surface area (Å²) in [4.78, 5) is 9.66. The van der Waals surface area contributed by atoms with Gasteiger partial charge in [-0.2, -0.15) is 0 Å². The number of hydrogen-bond acceptors (Lipinski definition) is 2. The van der Waals surface area contributed by atoms with E-state index in [0.717, 1.165) is 12.0 Å². The van der Waals surface area contributed by atoms with E-state index >= 15 is 0 Å². The summed E-state index contributed by atoms with van der Waals surface area (Å²) in [6, 6.07) is 0. The molecule has 1 aliphatic carbocycles. The van der Waals surface area contributed by atoms with Gasteiger partial charge < -0.3 is 5.11 Å². The van der Waals surface area contributed by atoms with Gasteiger partial charge in [-0.05, 0) is 6.42 Å². The number of rotatable bonds is 1. The Morgan fingerprint density at radius 2 is 2.71 bits per heavy atom. The van der Waals surface area contributed by atoms with Gasteiger partial charge in [0.2, 0.25) is 0 Å². The van der Waals surface area contributed by atoms with E-state index in [0.29, 0.717) is 0 Å². The summed E-state index contributed by atoms with van der Waals surface area (Å²) in [5, 5.41) is 8.31. The lowest BCUT2D eigenvalue weighted by molar-refractivity contribution is 0.281. The van der Waals surface area contributed by atoms with Crippen molar-refractivity contribution in [2.75, 3.05) is 6.61 Å². The zero-order valence-electron chi connectivity index (χ0n) is 3.85. The minimum absolute atomic E-state index is 0.116. The minimum Gasteiger partial charge on any atom is -0.396 e. The van der Waals surface area contributed by atoms with E-state index < -0.39 is 0 Å². The third-order valence-corrected chi connectivity index (χ3v) is 1.15. The van der Waals surface area contributed by atoms with Crippen molar-refractivity contribution in [3.8, 4) is 0 Å². The highest BCUT2D eigenvalue weighted by molar-refractivity contribution is 5.59. The molecule has 7 heavy (non-hydrogen) atoms. The first-order valence-electron chi connectivity index (χ1n) is 2.23. The van der Waals surface area contributed by atoms with E-state index in [1.807, 2.05) is 0 Å². The molecule has 0 radical (unpaired) electrons. The maximum Gasteiger partial charge on any atom is 0.123 e. The number of hydrogen-bond donors (Lipinski definition) is 1. The van der Waals surface area contributed by atoms with Gasteiger partial charge in [0.05, 0.1) is 6.61 Å². The molecule has 0 saturated heterocycles. The molecule has 1 N–H and O–H groups in total. The Bertz CT molecular complexity index is 122. The molecule has 0 bridgehead atoms. The van der Waals surface area contributed by atoms with E-state index in [1.54, 1.807) is 5.94 Å². The SMILES string of the molecule is O=C=C1CC1CO. The van der Waals surface area contributed by atoms with Gasteiger partial charge in [0.15, 0.2) is 0 Å². The monoisotopic (exact) mass is 98.0 g/mol. The fourth-order valence-electron chi connectivity index (χ4n) is 0.506. The van der Waals surface area contributed by atoms with Gasteiger partial charge >= 0.3 is 0 Å². The summed E-state index contributed by atoms with van der Waals surface area (Å²) in [7, 11) is 0. The molecular formula is C5H6O2. The Morgan fingerprint density at radius 3 is 2.86 bits per heavy atom. The lowest BCUT2D eigenvalue weighted by Crippen LogP contribution is -1.80. The molecule has 0 amide bonds. The lowest BCUT2D eigenvalue weighted by Gasteiger charge is -1.73. The minimum atomic E-state index is 0.116. The average Bonchev–Trinajstić information content (AvgIpc) is 2.43. The summed E-state index contributed by atoms with van der Waals surface area (Å²) in [5.74, 6) is 1.91. The Morgan fingerprint density at radius 1 is 2.00 bits per heavy atom. The molecule has 0 aromatic carbocycles. The molecule has 2 nitrogen and oxygen atoms in total. The number of carbonyl (C=O) groups excluding carboxylic acids is 1. The highest BCUT2D eigenvalue weighted by Gasteiger charge is 2.29. The van der Waals surface area contributed by atoms with E-state index in [2.05, 4.69) is 0 Å². The van der Waals surface area contributed by atoms with Crippen LogP contribution < -0.4 is 0 Å². The molecule has 2 heteroatoms. The van der Waals surface area contributed by atoms with Crippen molar-refractivity contribution in [3.05, 3.63) is 5.57 Å². The number of aliphatic hydroxyl groups is 1. The maximum atomic E-state index is 9.66. The molecule has 1 aliphatic rings. The van der Waals surface area contributed by atoms with E-state index in [1.165, 1.54) is 0 Å². The molecule has 0 spiro atoms. The molecule has 1 rings (SSSR count). The van der Waals surface area contributed by atoms with Crippen molar-refractivity contribution in [1.82, 2.24) is 0 Å². The third-order valence-electron chi connectivity index (χ3n) is 1.15. The topological polar surface area (TPSA) is 37.3 Å². The van der Waals surface area contributed by atoms with Crippen LogP contribution in [0.25, 0.3) is 0 Å². The van der Waals surface area contributed by atoms with Crippen LogP contribution in [0.5, 0.6) is 0 Å². The van der Waals surface area contributed by atoms with Crippen molar-refractivity contribution in [3.63, 3.8) is 0 Å². The van der Waals surface area contributed by atoms with Crippen LogP contribution in [-0.2, 0) is 4.79 Å². The number of aliphatic hydroxyl groups excluding tert-OH is 1. The molecule has 1 unspecified atom stereocenters. The van der Waals surface area contributed by atoms with E-state index in [-0.39, 0.29) is 12.5 Å². The standard InChI is InChI=1S/C5H6O2/c6-2-4-1-5(4)3-7/h4,6H,1-2H2. The van der Waals surface area contributed by atoms with Gasteiger partial charge in [0.1, 0.15) is 5.94 Å². The second kappa shape index (κ2) is 1.49. The van der Waals surface area contributed by atoms with Crippen molar-refractivity contribution in [1.29, 1.82) is 0 Å². The molecule has 0 aliphatic heterocycles. The average molecular weight is 98.1 g/mol. The summed E-state index contributed by atoms with van der Waals surface area (Å²) >= 11 is 0. The third kappa shape index (κ3) is 0.710. The Kier molecular flexibility index (Phi) is 0.970. The Balaban J connectivity index is 2.45. The molecule has 0 aromatic rings. The van der Waals surface area contributed by atoms with Crippen LogP contribution in [0.1, 0.15) is 6.42 Å². The van der Waals surface area contributed by atoms with Gasteiger partial charge in [0.25, 0.3) is 0 Å². The first kappa shape index (κ1) is 4.57. The first-order valence-corrected chi connectivity index (χ1v) is 2.23. The van der Waals surface area contributed by atoms with Gasteiger partial charge in [-0.1, -0.05) is 0 Å². The van der Waals surface area contributed by atoms with Crippen molar-refractivity contribution in [2.45, 2.75) is 6.42 Å². The molecule has 1 saturated carbocycles. The van der Waals surface area contributed by atoms with Crippen LogP contribution in [0.4, 0.5) is 0 Å².